The number of benzene rings is 3. The van der Waals surface area contributed by atoms with E-state index in [-0.39, 0.29) is 27.5 Å². The summed E-state index contributed by atoms with van der Waals surface area (Å²) in [7, 11) is 0. The molecule has 43 heavy (non-hydrogen) atoms. The lowest BCUT2D eigenvalue weighted by Crippen LogP contribution is -2.28. The average Bonchev–Trinajstić information content (AvgIpc) is 2.92. The molecule has 9 heteroatoms. The number of hydrogen-bond donors (Lipinski definition) is 3. The van der Waals surface area contributed by atoms with Crippen LogP contribution >= 0.6 is 0 Å². The van der Waals surface area contributed by atoms with Crippen molar-refractivity contribution in [3.8, 4) is 5.75 Å². The van der Waals surface area contributed by atoms with E-state index >= 15 is 0 Å². The zero-order chi connectivity index (χ0) is 31.4. The fraction of sp³-hybridized carbons (Fsp3) is 0.235. The van der Waals surface area contributed by atoms with Gasteiger partial charge in [-0.1, -0.05) is 65.8 Å². The van der Waals surface area contributed by atoms with Crippen LogP contribution in [0.4, 0.5) is 5.69 Å². The second-order valence-electron chi connectivity index (χ2n) is 12.6. The molecule has 3 aromatic carbocycles. The van der Waals surface area contributed by atoms with Crippen molar-refractivity contribution in [1.82, 2.24) is 9.35 Å². The summed E-state index contributed by atoms with van der Waals surface area (Å²) in [5, 5.41) is 23.9. The molecule has 2 aromatic heterocycles. The maximum atomic E-state index is 13.9. The largest absolute Gasteiger partial charge is 0.508 e. The number of carboxylic acids is 1. The molecule has 0 aliphatic heterocycles. The van der Waals surface area contributed by atoms with Gasteiger partial charge in [0.15, 0.2) is 0 Å². The summed E-state index contributed by atoms with van der Waals surface area (Å²) >= 11 is 0. The van der Waals surface area contributed by atoms with Gasteiger partial charge in [0.2, 0.25) is 10.9 Å². The minimum atomic E-state index is -1.40. The lowest BCUT2D eigenvalue weighted by Gasteiger charge is -2.28. The van der Waals surface area contributed by atoms with E-state index in [2.05, 4.69) is 5.32 Å². The molecule has 1 amide bonds. The highest BCUT2D eigenvalue weighted by molar-refractivity contribution is 6.06. The molecule has 9 nitrogen and oxygen atoms in total. The van der Waals surface area contributed by atoms with Gasteiger partial charge in [-0.05, 0) is 52.3 Å². The van der Waals surface area contributed by atoms with Crippen LogP contribution in [0.1, 0.15) is 73.4 Å². The molecule has 0 aliphatic carbocycles. The fourth-order valence-corrected chi connectivity index (χ4v) is 5.30. The quantitative estimate of drug-likeness (QED) is 0.244. The Morgan fingerprint density at radius 3 is 1.65 bits per heavy atom. The first kappa shape index (κ1) is 29.3. The number of phenols is 1. The number of hydrogen-bond acceptors (Lipinski definition) is 5. The predicted molar refractivity (Wildman–Crippen MR) is 168 cm³/mol. The Hall–Kier alpha value is -5.18. The maximum absolute atomic E-state index is 13.9. The number of carbonyl (C=O) groups is 2. The molecule has 0 radical (unpaired) electrons. The molecule has 5 rings (SSSR count). The number of rotatable bonds is 4. The van der Waals surface area contributed by atoms with Gasteiger partial charge >= 0.3 is 5.97 Å². The van der Waals surface area contributed by atoms with Crippen molar-refractivity contribution >= 4 is 39.4 Å². The Balaban J connectivity index is 1.76. The molecule has 0 unspecified atom stereocenters. The number of aromatic carboxylic acids is 1. The van der Waals surface area contributed by atoms with Crippen LogP contribution in [-0.2, 0) is 10.8 Å². The number of amides is 1. The monoisotopic (exact) mass is 579 g/mol. The second-order valence-corrected chi connectivity index (χ2v) is 12.6. The number of aromatic nitrogens is 2. The lowest BCUT2D eigenvalue weighted by atomic mass is 9.79. The van der Waals surface area contributed by atoms with Crippen molar-refractivity contribution < 1.29 is 19.8 Å². The summed E-state index contributed by atoms with van der Waals surface area (Å²) in [5.41, 5.74) is 0.0437. The molecule has 0 bridgehead atoms. The topological polar surface area (TPSA) is 131 Å². The van der Waals surface area contributed by atoms with Gasteiger partial charge in [0.05, 0.1) is 11.0 Å². The third-order valence-corrected chi connectivity index (χ3v) is 7.49. The van der Waals surface area contributed by atoms with Crippen LogP contribution < -0.4 is 16.2 Å². The summed E-state index contributed by atoms with van der Waals surface area (Å²) in [4.78, 5) is 52.5. The van der Waals surface area contributed by atoms with Crippen LogP contribution in [0.25, 0.3) is 21.8 Å². The third kappa shape index (κ3) is 5.18. The van der Waals surface area contributed by atoms with Crippen LogP contribution in [0.15, 0.2) is 82.6 Å². The van der Waals surface area contributed by atoms with Crippen molar-refractivity contribution in [2.75, 3.05) is 5.32 Å². The van der Waals surface area contributed by atoms with Crippen molar-refractivity contribution in [1.29, 1.82) is 0 Å². The van der Waals surface area contributed by atoms with E-state index < -0.39 is 33.7 Å². The van der Waals surface area contributed by atoms with Gasteiger partial charge in [0, 0.05) is 34.9 Å². The van der Waals surface area contributed by atoms with Crippen LogP contribution in [0.3, 0.4) is 0 Å². The molecule has 0 atom stereocenters. The Morgan fingerprint density at radius 2 is 1.16 bits per heavy atom. The van der Waals surface area contributed by atoms with E-state index in [1.165, 1.54) is 33.9 Å². The Kier molecular flexibility index (Phi) is 7.00. The molecule has 2 heterocycles. The molecule has 0 fully saturated rings. The minimum absolute atomic E-state index is 0.0210. The molecule has 0 saturated carbocycles. The van der Waals surface area contributed by atoms with Crippen LogP contribution in [0.5, 0.6) is 5.75 Å². The Labute approximate surface area is 247 Å². The van der Waals surface area contributed by atoms with Crippen molar-refractivity contribution in [3.05, 3.63) is 116 Å². The molecule has 220 valence electrons. The van der Waals surface area contributed by atoms with Gasteiger partial charge in [-0.3, -0.25) is 23.7 Å². The summed E-state index contributed by atoms with van der Waals surface area (Å²) in [6.07, 6.45) is 2.52. The number of nitrogens with one attached hydrogen (secondary N) is 1. The van der Waals surface area contributed by atoms with Crippen LogP contribution in [-0.4, -0.2) is 31.4 Å². The number of phenolic OH excluding ortho intramolecular Hbond substituents is 1. The normalized spacial score (nSPS) is 12.0. The predicted octanol–water partition coefficient (Wildman–Crippen LogP) is 5.88. The van der Waals surface area contributed by atoms with E-state index in [1.807, 2.05) is 47.6 Å². The van der Waals surface area contributed by atoms with Gasteiger partial charge in [-0.25, -0.2) is 4.79 Å². The highest BCUT2D eigenvalue weighted by atomic mass is 16.4. The number of aromatic hydroxyl groups is 1. The number of para-hydroxylation sites is 2. The summed E-state index contributed by atoms with van der Waals surface area (Å²) < 4.78 is 2.94. The Bertz CT molecular complexity index is 2070. The van der Waals surface area contributed by atoms with Gasteiger partial charge in [0.1, 0.15) is 16.9 Å². The van der Waals surface area contributed by atoms with Crippen LogP contribution in [0.2, 0.25) is 0 Å². The van der Waals surface area contributed by atoms with Crippen molar-refractivity contribution in [2.45, 2.75) is 52.4 Å². The van der Waals surface area contributed by atoms with Gasteiger partial charge in [-0.15, -0.1) is 0 Å². The fourth-order valence-electron chi connectivity index (χ4n) is 5.30. The van der Waals surface area contributed by atoms with E-state index in [1.54, 1.807) is 42.5 Å². The zero-order valence-corrected chi connectivity index (χ0v) is 24.9. The van der Waals surface area contributed by atoms with E-state index in [0.717, 1.165) is 11.1 Å². The molecule has 5 aromatic rings. The number of fused-ring (bicyclic) bond motifs is 2. The summed E-state index contributed by atoms with van der Waals surface area (Å²) in [6, 6.07) is 16.6. The maximum Gasteiger partial charge on any atom is 0.341 e. The number of nitrogens with zero attached hydrogens (tertiary/aromatic N) is 2. The number of carboxylic acid groups (broad SMARTS) is 1. The zero-order valence-electron chi connectivity index (χ0n) is 24.9. The molecule has 3 N–H and O–H groups in total. The van der Waals surface area contributed by atoms with E-state index in [0.29, 0.717) is 16.7 Å². The number of carbonyl (C=O) groups excluding carboxylic acids is 1. The minimum Gasteiger partial charge on any atom is -0.508 e. The third-order valence-electron chi connectivity index (χ3n) is 7.49. The highest BCUT2D eigenvalue weighted by Gasteiger charge is 2.27. The first-order valence-electron chi connectivity index (χ1n) is 13.8. The number of pyridine rings is 2. The molecule has 0 saturated heterocycles. The first-order valence-corrected chi connectivity index (χ1v) is 13.8. The SMILES string of the molecule is CC(C)(C)c1cc(C(C)(C)C)c(NC(=O)c2cn(-n3cc(C(=O)O)c(=O)c4ccccc43)c3ccccc3c2=O)cc1O. The van der Waals surface area contributed by atoms with Crippen LogP contribution in [0, 0.1) is 0 Å². The molecular weight excluding hydrogens is 546 g/mol. The summed E-state index contributed by atoms with van der Waals surface area (Å²) in [6.45, 7) is 11.9. The van der Waals surface area contributed by atoms with Gasteiger partial charge in [-0.2, -0.15) is 0 Å². The first-order chi connectivity index (χ1) is 20.1. The van der Waals surface area contributed by atoms with Crippen molar-refractivity contribution in [3.63, 3.8) is 0 Å². The molecular formula is C34H33N3O6. The van der Waals surface area contributed by atoms with E-state index in [4.69, 9.17) is 0 Å². The molecule has 0 aliphatic rings. The number of anilines is 1. The smallest absolute Gasteiger partial charge is 0.341 e. The van der Waals surface area contributed by atoms with Crippen molar-refractivity contribution in [2.24, 2.45) is 0 Å². The standard InChI is InChI=1S/C34H33N3O6/c1-33(2,3)23-15-24(34(4,5)6)28(38)16-25(23)35-31(41)21-17-36(26-13-9-7-11-19(26)29(21)39)37-18-22(32(42)43)30(40)20-12-8-10-14-27(20)37/h7-18,38H,1-6H3,(H,35,41)(H,42,43). The highest BCUT2D eigenvalue weighted by Crippen LogP contribution is 2.39. The molecule has 0 spiro atoms. The van der Waals surface area contributed by atoms with Gasteiger partial charge in [0.25, 0.3) is 5.91 Å². The average molecular weight is 580 g/mol. The van der Waals surface area contributed by atoms with E-state index in [9.17, 15) is 29.4 Å². The summed E-state index contributed by atoms with van der Waals surface area (Å²) in [5.74, 6) is -2.09. The lowest BCUT2D eigenvalue weighted by molar-refractivity contribution is 0.0694. The second kappa shape index (κ2) is 10.3. The Morgan fingerprint density at radius 1 is 0.698 bits per heavy atom. The van der Waals surface area contributed by atoms with Gasteiger partial charge < -0.3 is 15.5 Å².